The molecule has 0 aromatic heterocycles. The number of Topliss-reactive ketones (excluding diaryl/α,β-unsaturated/α-hetero) is 2. The van der Waals surface area contributed by atoms with Crippen molar-refractivity contribution in [2.75, 3.05) is 0 Å². The Labute approximate surface area is 183 Å². The highest BCUT2D eigenvalue weighted by atomic mass is 19.1. The van der Waals surface area contributed by atoms with Gasteiger partial charge in [-0.15, -0.1) is 0 Å². The second-order valence-corrected chi connectivity index (χ2v) is 7.60. The SMILES string of the molecule is O=C1C[C@@H](c2ccccc2OCc2ccccc2F)C2=C(O1)C(=O)c1ccccc1C2=O. The number of allylic oxidation sites excluding steroid dienone is 2. The van der Waals surface area contributed by atoms with Crippen molar-refractivity contribution in [2.45, 2.75) is 18.9 Å². The molecule has 1 heterocycles. The summed E-state index contributed by atoms with van der Waals surface area (Å²) in [6.07, 6.45) is -0.111. The molecule has 0 spiro atoms. The Hall–Kier alpha value is -4.06. The Morgan fingerprint density at radius 1 is 0.844 bits per heavy atom. The summed E-state index contributed by atoms with van der Waals surface area (Å²) in [6.45, 7) is -0.0253. The molecule has 0 N–H and O–H groups in total. The maximum Gasteiger partial charge on any atom is 0.312 e. The number of rotatable bonds is 4. The van der Waals surface area contributed by atoms with Gasteiger partial charge in [0.05, 0.1) is 12.0 Å². The van der Waals surface area contributed by atoms with Gasteiger partial charge < -0.3 is 9.47 Å². The third kappa shape index (κ3) is 3.30. The molecular weight excluding hydrogens is 411 g/mol. The molecule has 0 fully saturated rings. The van der Waals surface area contributed by atoms with Crippen molar-refractivity contribution in [1.82, 2.24) is 0 Å². The number of ketones is 2. The van der Waals surface area contributed by atoms with E-state index in [4.69, 9.17) is 9.47 Å². The molecule has 0 bridgehead atoms. The highest BCUT2D eigenvalue weighted by Crippen LogP contribution is 2.43. The van der Waals surface area contributed by atoms with E-state index in [1.54, 1.807) is 66.7 Å². The van der Waals surface area contributed by atoms with E-state index in [1.165, 1.54) is 6.07 Å². The standard InChI is InChI=1S/C26H17FO5/c27-20-11-5-1-7-15(20)14-31-21-12-6-4-8-16(21)19-13-22(28)32-26-23(19)24(29)17-9-2-3-10-18(17)25(26)30/h1-12,19H,13-14H2/t19-/m0/s1. The number of carbonyl (C=O) groups excluding carboxylic acids is 3. The van der Waals surface area contributed by atoms with Gasteiger partial charge in [-0.2, -0.15) is 0 Å². The zero-order chi connectivity index (χ0) is 22.2. The third-order valence-electron chi connectivity index (χ3n) is 5.68. The molecule has 1 atom stereocenters. The van der Waals surface area contributed by atoms with Crippen LogP contribution in [0.4, 0.5) is 4.39 Å². The van der Waals surface area contributed by atoms with E-state index in [2.05, 4.69) is 0 Å². The van der Waals surface area contributed by atoms with Gasteiger partial charge in [0, 0.05) is 28.2 Å². The Bertz CT molecular complexity index is 1310. The van der Waals surface area contributed by atoms with Crippen molar-refractivity contribution in [3.8, 4) is 5.75 Å². The van der Waals surface area contributed by atoms with E-state index in [0.717, 1.165) is 0 Å². The molecule has 2 aliphatic rings. The molecule has 1 aliphatic carbocycles. The molecule has 0 radical (unpaired) electrons. The van der Waals surface area contributed by atoms with Crippen molar-refractivity contribution < 1.29 is 28.2 Å². The van der Waals surface area contributed by atoms with Gasteiger partial charge in [0.25, 0.3) is 0 Å². The first-order valence-corrected chi connectivity index (χ1v) is 10.1. The van der Waals surface area contributed by atoms with Crippen LogP contribution in [0, 0.1) is 5.82 Å². The van der Waals surface area contributed by atoms with Gasteiger partial charge in [-0.3, -0.25) is 14.4 Å². The number of fused-ring (bicyclic) bond motifs is 1. The molecule has 0 unspecified atom stereocenters. The third-order valence-corrected chi connectivity index (χ3v) is 5.68. The Balaban J connectivity index is 1.56. The zero-order valence-electron chi connectivity index (χ0n) is 16.8. The van der Waals surface area contributed by atoms with Crippen LogP contribution < -0.4 is 4.74 Å². The minimum Gasteiger partial charge on any atom is -0.488 e. The minimum absolute atomic E-state index is 0.0253. The highest BCUT2D eigenvalue weighted by molar-refractivity contribution is 6.27. The molecule has 0 saturated heterocycles. The minimum atomic E-state index is -0.715. The van der Waals surface area contributed by atoms with E-state index in [1.807, 2.05) is 0 Å². The average molecular weight is 428 g/mol. The van der Waals surface area contributed by atoms with Crippen LogP contribution in [-0.4, -0.2) is 17.5 Å². The lowest BCUT2D eigenvalue weighted by Gasteiger charge is -2.30. The van der Waals surface area contributed by atoms with Crippen LogP contribution >= 0.6 is 0 Å². The summed E-state index contributed by atoms with van der Waals surface area (Å²) < 4.78 is 25.2. The Kier molecular flexibility index (Phi) is 4.90. The maximum atomic E-state index is 14.0. The second-order valence-electron chi connectivity index (χ2n) is 7.60. The molecule has 3 aromatic rings. The summed E-state index contributed by atoms with van der Waals surface area (Å²) in [5, 5.41) is 0. The molecule has 32 heavy (non-hydrogen) atoms. The first-order chi connectivity index (χ1) is 15.5. The number of ether oxygens (including phenoxy) is 2. The number of carbonyl (C=O) groups is 3. The number of para-hydroxylation sites is 1. The van der Waals surface area contributed by atoms with Crippen molar-refractivity contribution >= 4 is 17.5 Å². The van der Waals surface area contributed by atoms with E-state index >= 15 is 0 Å². The fraction of sp³-hybridized carbons (Fsp3) is 0.115. The summed E-state index contributed by atoms with van der Waals surface area (Å²) in [4.78, 5) is 38.7. The average Bonchev–Trinajstić information content (AvgIpc) is 2.82. The van der Waals surface area contributed by atoms with Crippen molar-refractivity contribution in [1.29, 1.82) is 0 Å². The fourth-order valence-corrected chi connectivity index (χ4v) is 4.15. The molecule has 5 rings (SSSR count). The summed E-state index contributed by atoms with van der Waals surface area (Å²) >= 11 is 0. The molecule has 6 heteroatoms. The van der Waals surface area contributed by atoms with Crippen molar-refractivity contribution in [2.24, 2.45) is 0 Å². The van der Waals surface area contributed by atoms with Gasteiger partial charge in [-0.1, -0.05) is 60.7 Å². The first kappa shape index (κ1) is 19.9. The van der Waals surface area contributed by atoms with Crippen LogP contribution in [0.5, 0.6) is 5.75 Å². The lowest BCUT2D eigenvalue weighted by molar-refractivity contribution is -0.140. The van der Waals surface area contributed by atoms with E-state index in [9.17, 15) is 18.8 Å². The number of esters is 1. The molecule has 158 valence electrons. The summed E-state index contributed by atoms with van der Waals surface area (Å²) in [5.41, 5.74) is 1.59. The van der Waals surface area contributed by atoms with E-state index < -0.39 is 17.7 Å². The number of hydrogen-bond acceptors (Lipinski definition) is 5. The van der Waals surface area contributed by atoms with E-state index in [0.29, 0.717) is 16.9 Å². The number of benzene rings is 3. The van der Waals surface area contributed by atoms with Gasteiger partial charge in [-0.05, 0) is 12.1 Å². The molecule has 1 aliphatic heterocycles. The Morgan fingerprint density at radius 3 is 2.28 bits per heavy atom. The normalized spacial score (nSPS) is 17.5. The first-order valence-electron chi connectivity index (χ1n) is 10.1. The maximum absolute atomic E-state index is 14.0. The lowest BCUT2D eigenvalue weighted by atomic mass is 9.76. The fourth-order valence-electron chi connectivity index (χ4n) is 4.15. The summed E-state index contributed by atoms with van der Waals surface area (Å²) in [7, 11) is 0. The predicted octanol–water partition coefficient (Wildman–Crippen LogP) is 4.77. The second kappa shape index (κ2) is 7.89. The van der Waals surface area contributed by atoms with Gasteiger partial charge in [0.1, 0.15) is 18.2 Å². The monoisotopic (exact) mass is 428 g/mol. The van der Waals surface area contributed by atoms with Crippen molar-refractivity contribution in [3.05, 3.63) is 112 Å². The smallest absolute Gasteiger partial charge is 0.312 e. The lowest BCUT2D eigenvalue weighted by Crippen LogP contribution is -2.33. The topological polar surface area (TPSA) is 69.7 Å². The zero-order valence-corrected chi connectivity index (χ0v) is 16.8. The molecular formula is C26H17FO5. The highest BCUT2D eigenvalue weighted by Gasteiger charge is 2.43. The van der Waals surface area contributed by atoms with E-state index in [-0.39, 0.29) is 47.1 Å². The number of halogens is 1. The van der Waals surface area contributed by atoms with Crippen molar-refractivity contribution in [3.63, 3.8) is 0 Å². The summed E-state index contributed by atoms with van der Waals surface area (Å²) in [6, 6.07) is 19.7. The van der Waals surface area contributed by atoms with Gasteiger partial charge >= 0.3 is 5.97 Å². The molecule has 0 saturated carbocycles. The Morgan fingerprint density at radius 2 is 1.50 bits per heavy atom. The summed E-state index contributed by atoms with van der Waals surface area (Å²) in [5.74, 6) is -2.36. The molecule has 3 aromatic carbocycles. The largest absolute Gasteiger partial charge is 0.488 e. The van der Waals surface area contributed by atoms with Crippen LogP contribution in [0.3, 0.4) is 0 Å². The van der Waals surface area contributed by atoms with Gasteiger partial charge in [-0.25, -0.2) is 4.39 Å². The molecule has 5 nitrogen and oxygen atoms in total. The predicted molar refractivity (Wildman–Crippen MR) is 113 cm³/mol. The van der Waals surface area contributed by atoms with Gasteiger partial charge in [0.2, 0.25) is 5.78 Å². The van der Waals surface area contributed by atoms with Crippen LogP contribution in [0.1, 0.15) is 44.2 Å². The molecule has 0 amide bonds. The van der Waals surface area contributed by atoms with Crippen LogP contribution in [0.15, 0.2) is 84.1 Å². The van der Waals surface area contributed by atoms with Crippen LogP contribution in [0.2, 0.25) is 0 Å². The van der Waals surface area contributed by atoms with Crippen LogP contribution in [-0.2, 0) is 16.1 Å². The number of hydrogen-bond donors (Lipinski definition) is 0. The van der Waals surface area contributed by atoms with Crippen LogP contribution in [0.25, 0.3) is 0 Å². The van der Waals surface area contributed by atoms with Gasteiger partial charge in [0.15, 0.2) is 11.5 Å². The quantitative estimate of drug-likeness (QED) is 0.560.